The number of aromatic nitrogens is 3. The number of anilines is 1. The van der Waals surface area contributed by atoms with Crippen LogP contribution in [0.5, 0.6) is 0 Å². The standard InChI is InChI=1S/C15H21N5S/c1-10-11(2)16-9-17-15(10)20-6-14(7-20)19(4)5-13-8-21-12(3)18-13/h8-9,14H,5-7H2,1-4H3. The molecular formula is C15H21N5S. The first-order valence-electron chi connectivity index (χ1n) is 7.19. The maximum atomic E-state index is 4.54. The molecule has 3 rings (SSSR count). The van der Waals surface area contributed by atoms with Crippen LogP contribution in [0.3, 0.4) is 0 Å². The summed E-state index contributed by atoms with van der Waals surface area (Å²) in [5, 5.41) is 3.29. The summed E-state index contributed by atoms with van der Waals surface area (Å²) < 4.78 is 0. The van der Waals surface area contributed by atoms with Gasteiger partial charge in [-0.1, -0.05) is 0 Å². The van der Waals surface area contributed by atoms with E-state index in [4.69, 9.17) is 0 Å². The van der Waals surface area contributed by atoms with Crippen molar-refractivity contribution in [1.29, 1.82) is 0 Å². The molecule has 5 nitrogen and oxygen atoms in total. The van der Waals surface area contributed by atoms with E-state index in [0.29, 0.717) is 6.04 Å². The maximum absolute atomic E-state index is 4.54. The molecule has 3 heterocycles. The van der Waals surface area contributed by atoms with E-state index in [-0.39, 0.29) is 0 Å². The van der Waals surface area contributed by atoms with Crippen molar-refractivity contribution >= 4 is 17.2 Å². The SMILES string of the molecule is Cc1nc(CN(C)C2CN(c3ncnc(C)c3C)C2)cs1. The second-order valence-electron chi connectivity index (χ2n) is 5.74. The van der Waals surface area contributed by atoms with E-state index < -0.39 is 0 Å². The molecule has 2 aromatic rings. The van der Waals surface area contributed by atoms with Crippen LogP contribution in [0.1, 0.15) is 22.0 Å². The minimum atomic E-state index is 0.571. The lowest BCUT2D eigenvalue weighted by Gasteiger charge is -2.45. The van der Waals surface area contributed by atoms with Crippen LogP contribution in [0.4, 0.5) is 5.82 Å². The summed E-state index contributed by atoms with van der Waals surface area (Å²) in [6, 6.07) is 0.571. The highest BCUT2D eigenvalue weighted by atomic mass is 32.1. The molecule has 0 radical (unpaired) electrons. The maximum Gasteiger partial charge on any atom is 0.135 e. The van der Waals surface area contributed by atoms with E-state index in [1.165, 1.54) is 11.3 Å². The fraction of sp³-hybridized carbons (Fsp3) is 0.533. The molecule has 0 atom stereocenters. The summed E-state index contributed by atoms with van der Waals surface area (Å²) in [5.74, 6) is 1.08. The molecule has 0 aliphatic carbocycles. The molecule has 0 spiro atoms. The number of rotatable bonds is 4. The zero-order chi connectivity index (χ0) is 15.0. The van der Waals surface area contributed by atoms with E-state index >= 15 is 0 Å². The van der Waals surface area contributed by atoms with Gasteiger partial charge in [-0.25, -0.2) is 15.0 Å². The fourth-order valence-electron chi connectivity index (χ4n) is 2.62. The lowest BCUT2D eigenvalue weighted by Crippen LogP contribution is -2.58. The third kappa shape index (κ3) is 2.91. The van der Waals surface area contributed by atoms with Gasteiger partial charge in [0.15, 0.2) is 0 Å². The molecule has 21 heavy (non-hydrogen) atoms. The quantitative estimate of drug-likeness (QED) is 0.866. The van der Waals surface area contributed by atoms with Crippen LogP contribution >= 0.6 is 11.3 Å². The second kappa shape index (κ2) is 5.69. The normalized spacial score (nSPS) is 15.6. The Bertz CT molecular complexity index is 633. The second-order valence-corrected chi connectivity index (χ2v) is 6.80. The minimum Gasteiger partial charge on any atom is -0.353 e. The first kappa shape index (κ1) is 14.4. The largest absolute Gasteiger partial charge is 0.353 e. The molecule has 1 saturated heterocycles. The third-order valence-electron chi connectivity index (χ3n) is 4.17. The third-order valence-corrected chi connectivity index (χ3v) is 4.99. The average molecular weight is 303 g/mol. The topological polar surface area (TPSA) is 45.2 Å². The van der Waals surface area contributed by atoms with Crippen molar-refractivity contribution < 1.29 is 0 Å². The summed E-state index contributed by atoms with van der Waals surface area (Å²) in [6.07, 6.45) is 1.66. The van der Waals surface area contributed by atoms with E-state index in [1.807, 2.05) is 6.92 Å². The van der Waals surface area contributed by atoms with Crippen molar-refractivity contribution in [3.63, 3.8) is 0 Å². The van der Waals surface area contributed by atoms with Crippen LogP contribution in [0.15, 0.2) is 11.7 Å². The molecule has 1 fully saturated rings. The number of hydrogen-bond donors (Lipinski definition) is 0. The smallest absolute Gasteiger partial charge is 0.135 e. The molecule has 0 unspecified atom stereocenters. The van der Waals surface area contributed by atoms with Crippen LogP contribution in [0.2, 0.25) is 0 Å². The highest BCUT2D eigenvalue weighted by Crippen LogP contribution is 2.25. The van der Waals surface area contributed by atoms with Crippen LogP contribution in [-0.4, -0.2) is 46.0 Å². The van der Waals surface area contributed by atoms with Crippen molar-refractivity contribution in [2.24, 2.45) is 0 Å². The molecule has 0 aromatic carbocycles. The van der Waals surface area contributed by atoms with Gasteiger partial charge in [-0.3, -0.25) is 4.90 Å². The van der Waals surface area contributed by atoms with Crippen LogP contribution in [0, 0.1) is 20.8 Å². The monoisotopic (exact) mass is 303 g/mol. The Morgan fingerprint density at radius 2 is 2.05 bits per heavy atom. The van der Waals surface area contributed by atoms with Crippen LogP contribution in [-0.2, 0) is 6.54 Å². The molecular weight excluding hydrogens is 282 g/mol. The number of hydrogen-bond acceptors (Lipinski definition) is 6. The van der Waals surface area contributed by atoms with Gasteiger partial charge >= 0.3 is 0 Å². The first-order valence-corrected chi connectivity index (χ1v) is 8.07. The van der Waals surface area contributed by atoms with E-state index in [2.05, 4.69) is 51.0 Å². The molecule has 1 aliphatic heterocycles. The Hall–Kier alpha value is -1.53. The Labute approximate surface area is 129 Å². The molecule has 0 saturated carbocycles. The van der Waals surface area contributed by atoms with Gasteiger partial charge in [0.25, 0.3) is 0 Å². The summed E-state index contributed by atoms with van der Waals surface area (Å²) in [4.78, 5) is 17.9. The van der Waals surface area contributed by atoms with Crippen molar-refractivity contribution in [1.82, 2.24) is 19.9 Å². The van der Waals surface area contributed by atoms with Crippen molar-refractivity contribution in [2.75, 3.05) is 25.0 Å². The van der Waals surface area contributed by atoms with Crippen molar-refractivity contribution in [3.8, 4) is 0 Å². The van der Waals surface area contributed by atoms with Gasteiger partial charge < -0.3 is 4.90 Å². The Morgan fingerprint density at radius 3 is 2.71 bits per heavy atom. The average Bonchev–Trinajstić information content (AvgIpc) is 2.78. The lowest BCUT2D eigenvalue weighted by molar-refractivity contribution is 0.195. The van der Waals surface area contributed by atoms with Gasteiger partial charge in [-0.15, -0.1) is 11.3 Å². The summed E-state index contributed by atoms with van der Waals surface area (Å²) >= 11 is 1.72. The summed E-state index contributed by atoms with van der Waals surface area (Å²) in [6.45, 7) is 9.16. The molecule has 6 heteroatoms. The Morgan fingerprint density at radius 1 is 1.29 bits per heavy atom. The molecule has 112 valence electrons. The van der Waals surface area contributed by atoms with E-state index in [9.17, 15) is 0 Å². The predicted molar refractivity (Wildman–Crippen MR) is 85.8 cm³/mol. The van der Waals surface area contributed by atoms with Gasteiger partial charge in [0.2, 0.25) is 0 Å². The van der Waals surface area contributed by atoms with Gasteiger partial charge in [0, 0.05) is 42.3 Å². The molecule has 0 amide bonds. The van der Waals surface area contributed by atoms with Crippen LogP contribution in [0.25, 0.3) is 0 Å². The van der Waals surface area contributed by atoms with Gasteiger partial charge in [0.05, 0.1) is 10.7 Å². The van der Waals surface area contributed by atoms with E-state index in [0.717, 1.165) is 36.2 Å². The Kier molecular flexibility index (Phi) is 3.91. The first-order chi connectivity index (χ1) is 10.0. The molecule has 0 N–H and O–H groups in total. The highest BCUT2D eigenvalue weighted by molar-refractivity contribution is 7.09. The molecule has 2 aromatic heterocycles. The highest BCUT2D eigenvalue weighted by Gasteiger charge is 2.32. The zero-order valence-electron chi connectivity index (χ0n) is 13.0. The van der Waals surface area contributed by atoms with Crippen LogP contribution < -0.4 is 4.90 Å². The Balaban J connectivity index is 1.59. The van der Waals surface area contributed by atoms with Crippen molar-refractivity contribution in [2.45, 2.75) is 33.4 Å². The van der Waals surface area contributed by atoms with Gasteiger partial charge in [0.1, 0.15) is 12.1 Å². The summed E-state index contributed by atoms with van der Waals surface area (Å²) in [5.41, 5.74) is 3.43. The fourth-order valence-corrected chi connectivity index (χ4v) is 3.22. The number of likely N-dealkylation sites (N-methyl/N-ethyl adjacent to an activating group) is 1. The van der Waals surface area contributed by atoms with Gasteiger partial charge in [-0.2, -0.15) is 0 Å². The van der Waals surface area contributed by atoms with E-state index in [1.54, 1.807) is 17.7 Å². The minimum absolute atomic E-state index is 0.571. The lowest BCUT2D eigenvalue weighted by atomic mass is 10.1. The molecule has 0 bridgehead atoms. The van der Waals surface area contributed by atoms with Crippen molar-refractivity contribution in [3.05, 3.63) is 33.7 Å². The number of nitrogens with zero attached hydrogens (tertiary/aromatic N) is 5. The molecule has 1 aliphatic rings. The van der Waals surface area contributed by atoms with Gasteiger partial charge in [-0.05, 0) is 27.8 Å². The summed E-state index contributed by atoms with van der Waals surface area (Å²) in [7, 11) is 2.18. The number of thiazole rings is 1. The predicted octanol–water partition coefficient (Wildman–Crippen LogP) is 2.18. The zero-order valence-corrected chi connectivity index (χ0v) is 13.8. The number of aryl methyl sites for hydroxylation is 2.